The largest absolute Gasteiger partial charge is 0.303 e. The minimum absolute atomic E-state index is 0.000197. The van der Waals surface area contributed by atoms with Gasteiger partial charge in [0, 0.05) is 6.42 Å². The van der Waals surface area contributed by atoms with Crippen LogP contribution in [0, 0.1) is 0 Å². The summed E-state index contributed by atoms with van der Waals surface area (Å²) in [6, 6.07) is 0. The maximum absolute atomic E-state index is 11.2. The Bertz CT molecular complexity index is 349. The van der Waals surface area contributed by atoms with Crippen molar-refractivity contribution < 1.29 is 22.6 Å². The molecule has 0 aromatic carbocycles. The van der Waals surface area contributed by atoms with E-state index in [1.165, 1.54) is 0 Å². The van der Waals surface area contributed by atoms with Crippen molar-refractivity contribution in [3.8, 4) is 0 Å². The summed E-state index contributed by atoms with van der Waals surface area (Å²) >= 11 is 0. The Labute approximate surface area is 109 Å². The van der Waals surface area contributed by atoms with E-state index < -0.39 is 21.3 Å². The normalized spacial score (nSPS) is 15.0. The number of rotatable bonds is 11. The van der Waals surface area contributed by atoms with Gasteiger partial charge in [-0.05, 0) is 6.42 Å². The van der Waals surface area contributed by atoms with Crippen molar-refractivity contribution in [2.24, 2.45) is 0 Å². The maximum atomic E-state index is 11.2. The smallest absolute Gasteiger partial charge is 0.278 e. The van der Waals surface area contributed by atoms with Crippen LogP contribution in [-0.2, 0) is 19.7 Å². The van der Waals surface area contributed by atoms with Gasteiger partial charge in [-0.1, -0.05) is 45.4 Å². The molecule has 106 valence electrons. The fourth-order valence-electron chi connectivity index (χ4n) is 1.85. The first kappa shape index (κ1) is 17.2. The van der Waals surface area contributed by atoms with E-state index in [-0.39, 0.29) is 12.7 Å². The molecule has 0 aliphatic heterocycles. The molecule has 0 aliphatic rings. The van der Waals surface area contributed by atoms with Gasteiger partial charge in [0.15, 0.2) is 4.75 Å². The zero-order chi connectivity index (χ0) is 14.1. The van der Waals surface area contributed by atoms with Crippen molar-refractivity contribution in [2.75, 3.05) is 0 Å². The number of carbonyl (C=O) groups is 2. The number of hydrogen-bond acceptors (Lipinski definition) is 4. The van der Waals surface area contributed by atoms with Gasteiger partial charge >= 0.3 is 0 Å². The molecule has 0 amide bonds. The summed E-state index contributed by atoms with van der Waals surface area (Å²) in [5.41, 5.74) is 0. The third kappa shape index (κ3) is 5.27. The molecule has 5 nitrogen and oxygen atoms in total. The molecule has 0 fully saturated rings. The Balaban J connectivity index is 4.35. The molecule has 0 saturated carbocycles. The molecule has 0 saturated heterocycles. The Morgan fingerprint density at radius 3 is 2.06 bits per heavy atom. The van der Waals surface area contributed by atoms with Gasteiger partial charge in [0.2, 0.25) is 0 Å². The quantitative estimate of drug-likeness (QED) is 0.355. The van der Waals surface area contributed by atoms with Crippen molar-refractivity contribution in [1.29, 1.82) is 0 Å². The SMILES string of the molecule is CCCCCCCCC(C=O)(CC=O)S(=O)(=O)O. The second-order valence-corrected chi connectivity index (χ2v) is 6.31. The molecule has 0 heterocycles. The van der Waals surface area contributed by atoms with Crippen LogP contribution in [0.5, 0.6) is 0 Å². The average Bonchev–Trinajstić information content (AvgIpc) is 2.30. The molecule has 0 aliphatic carbocycles. The third-order valence-corrected chi connectivity index (χ3v) is 4.61. The van der Waals surface area contributed by atoms with Crippen LogP contribution in [-0.4, -0.2) is 30.3 Å². The first-order chi connectivity index (χ1) is 8.43. The van der Waals surface area contributed by atoms with E-state index in [1.54, 1.807) is 0 Å². The van der Waals surface area contributed by atoms with Gasteiger partial charge in [0.1, 0.15) is 12.6 Å². The Hall–Kier alpha value is -0.750. The Morgan fingerprint density at radius 2 is 1.61 bits per heavy atom. The lowest BCUT2D eigenvalue weighted by Crippen LogP contribution is -2.40. The molecule has 1 atom stereocenters. The summed E-state index contributed by atoms with van der Waals surface area (Å²) < 4.78 is 29.5. The van der Waals surface area contributed by atoms with Crippen LogP contribution in [0.15, 0.2) is 0 Å². The van der Waals surface area contributed by atoms with Crippen LogP contribution >= 0.6 is 0 Å². The van der Waals surface area contributed by atoms with Crippen molar-refractivity contribution in [1.82, 2.24) is 0 Å². The van der Waals surface area contributed by atoms with Gasteiger partial charge in [0.25, 0.3) is 10.1 Å². The molecule has 0 radical (unpaired) electrons. The molecule has 0 bridgehead atoms. The van der Waals surface area contributed by atoms with E-state index in [1.807, 2.05) is 0 Å². The van der Waals surface area contributed by atoms with Crippen LogP contribution in [0.4, 0.5) is 0 Å². The third-order valence-electron chi connectivity index (χ3n) is 3.11. The van der Waals surface area contributed by atoms with Gasteiger partial charge in [-0.25, -0.2) is 0 Å². The predicted octanol–water partition coefficient (Wildman–Crippen LogP) is 2.15. The molecule has 0 aromatic heterocycles. The highest BCUT2D eigenvalue weighted by molar-refractivity contribution is 7.88. The average molecular weight is 278 g/mol. The summed E-state index contributed by atoms with van der Waals surface area (Å²) in [5.74, 6) is 0. The topological polar surface area (TPSA) is 88.5 Å². The number of hydrogen-bond donors (Lipinski definition) is 1. The molecule has 0 aromatic rings. The van der Waals surface area contributed by atoms with E-state index in [0.29, 0.717) is 12.7 Å². The summed E-state index contributed by atoms with van der Waals surface area (Å²) in [5, 5.41) is 0. The Kier molecular flexibility index (Phi) is 8.02. The molecule has 0 rings (SSSR count). The molecule has 6 heteroatoms. The molecule has 0 spiro atoms. The summed E-state index contributed by atoms with van der Waals surface area (Å²) in [6.07, 6.45) is 5.66. The van der Waals surface area contributed by atoms with Crippen LogP contribution in [0.3, 0.4) is 0 Å². The van der Waals surface area contributed by atoms with E-state index >= 15 is 0 Å². The fourth-order valence-corrected chi connectivity index (χ4v) is 2.65. The van der Waals surface area contributed by atoms with Gasteiger partial charge in [-0.15, -0.1) is 0 Å². The van der Waals surface area contributed by atoms with E-state index in [9.17, 15) is 18.0 Å². The highest BCUT2D eigenvalue weighted by Gasteiger charge is 2.42. The Morgan fingerprint density at radius 1 is 1.06 bits per heavy atom. The number of aldehydes is 2. The van der Waals surface area contributed by atoms with E-state index in [0.717, 1.165) is 32.1 Å². The maximum Gasteiger partial charge on any atom is 0.278 e. The lowest BCUT2D eigenvalue weighted by molar-refractivity contribution is -0.114. The van der Waals surface area contributed by atoms with Crippen LogP contribution < -0.4 is 0 Å². The molecular weight excluding hydrogens is 256 g/mol. The van der Waals surface area contributed by atoms with Gasteiger partial charge in [-0.2, -0.15) is 8.42 Å². The first-order valence-corrected chi connectivity index (χ1v) is 7.74. The van der Waals surface area contributed by atoms with Crippen LogP contribution in [0.2, 0.25) is 0 Å². The molecule has 1 N–H and O–H groups in total. The van der Waals surface area contributed by atoms with Crippen molar-refractivity contribution in [2.45, 2.75) is 63.0 Å². The van der Waals surface area contributed by atoms with E-state index in [4.69, 9.17) is 4.55 Å². The van der Waals surface area contributed by atoms with Gasteiger partial charge in [-0.3, -0.25) is 4.55 Å². The summed E-state index contributed by atoms with van der Waals surface area (Å²) in [4.78, 5) is 21.4. The van der Waals surface area contributed by atoms with E-state index in [2.05, 4.69) is 6.92 Å². The molecular formula is C12H22O5S. The second kappa shape index (κ2) is 8.37. The number of carbonyl (C=O) groups excluding carboxylic acids is 2. The van der Waals surface area contributed by atoms with Crippen LogP contribution in [0.1, 0.15) is 58.3 Å². The van der Waals surface area contributed by atoms with Crippen molar-refractivity contribution in [3.05, 3.63) is 0 Å². The van der Waals surface area contributed by atoms with Gasteiger partial charge in [0.05, 0.1) is 0 Å². The highest BCUT2D eigenvalue weighted by atomic mass is 32.2. The lowest BCUT2D eigenvalue weighted by Gasteiger charge is -2.21. The highest BCUT2D eigenvalue weighted by Crippen LogP contribution is 2.25. The van der Waals surface area contributed by atoms with Crippen molar-refractivity contribution >= 4 is 22.7 Å². The predicted molar refractivity (Wildman–Crippen MR) is 69.0 cm³/mol. The summed E-state index contributed by atoms with van der Waals surface area (Å²) in [6.45, 7) is 2.10. The zero-order valence-corrected chi connectivity index (χ0v) is 11.6. The second-order valence-electron chi connectivity index (χ2n) is 4.55. The zero-order valence-electron chi connectivity index (χ0n) is 10.8. The monoisotopic (exact) mass is 278 g/mol. The number of unbranched alkanes of at least 4 members (excludes halogenated alkanes) is 5. The van der Waals surface area contributed by atoms with Crippen LogP contribution in [0.25, 0.3) is 0 Å². The molecule has 1 unspecified atom stereocenters. The fraction of sp³-hybridized carbons (Fsp3) is 0.833. The minimum Gasteiger partial charge on any atom is -0.303 e. The van der Waals surface area contributed by atoms with Gasteiger partial charge < -0.3 is 9.59 Å². The van der Waals surface area contributed by atoms with Crippen molar-refractivity contribution in [3.63, 3.8) is 0 Å². The molecule has 18 heavy (non-hydrogen) atoms. The summed E-state index contributed by atoms with van der Waals surface area (Å²) in [7, 11) is -4.54. The standard InChI is InChI=1S/C12H22O5S/c1-2-3-4-5-6-7-8-12(11-14,9-10-13)18(15,16)17/h10-11H,2-9H2,1H3,(H,15,16,17). The minimum atomic E-state index is -4.54. The lowest BCUT2D eigenvalue weighted by atomic mass is 9.98. The first-order valence-electron chi connectivity index (χ1n) is 6.30.